The molecule has 3 rings (SSSR count). The number of halogens is 1. The molecule has 0 aliphatic carbocycles. The molecule has 27 heavy (non-hydrogen) atoms. The first-order valence-corrected chi connectivity index (χ1v) is 9.43. The highest BCUT2D eigenvalue weighted by Crippen LogP contribution is 2.25. The van der Waals surface area contributed by atoms with Crippen LogP contribution in [0.1, 0.15) is 47.1 Å². The molecule has 0 unspecified atom stereocenters. The van der Waals surface area contributed by atoms with Gasteiger partial charge in [0, 0.05) is 23.0 Å². The number of carbonyl (C=O) groups is 1. The summed E-state index contributed by atoms with van der Waals surface area (Å²) in [5.41, 5.74) is 4.08. The molecule has 1 heterocycles. The first kappa shape index (κ1) is 19.3. The summed E-state index contributed by atoms with van der Waals surface area (Å²) in [6.45, 7) is 6.59. The van der Waals surface area contributed by atoms with E-state index in [0.717, 1.165) is 22.0 Å². The van der Waals surface area contributed by atoms with Crippen LogP contribution in [0.4, 0.5) is 0 Å². The molecule has 0 saturated heterocycles. The molecule has 0 radical (unpaired) electrons. The van der Waals surface area contributed by atoms with Gasteiger partial charge >= 0.3 is 5.97 Å². The quantitative estimate of drug-likeness (QED) is 0.593. The molecular formula is C22H23ClN2O2. The molecule has 0 fully saturated rings. The van der Waals surface area contributed by atoms with E-state index in [2.05, 4.69) is 12.2 Å². The number of rotatable bonds is 6. The summed E-state index contributed by atoms with van der Waals surface area (Å²) in [4.78, 5) is 17.3. The second-order valence-corrected chi connectivity index (χ2v) is 6.89. The molecule has 0 bridgehead atoms. The second kappa shape index (κ2) is 8.51. The Bertz CT molecular complexity index is 972. The Labute approximate surface area is 164 Å². The van der Waals surface area contributed by atoms with Gasteiger partial charge in [-0.25, -0.2) is 4.79 Å². The average Bonchev–Trinajstić information content (AvgIpc) is 2.66. The number of esters is 1. The predicted molar refractivity (Wildman–Crippen MR) is 109 cm³/mol. The minimum absolute atomic E-state index is 0.0623. The fourth-order valence-electron chi connectivity index (χ4n) is 3.19. The Morgan fingerprint density at radius 3 is 2.74 bits per heavy atom. The molecule has 0 spiro atoms. The zero-order valence-corrected chi connectivity index (χ0v) is 16.5. The Morgan fingerprint density at radius 2 is 2.00 bits per heavy atom. The molecule has 0 saturated carbocycles. The fourth-order valence-corrected chi connectivity index (χ4v) is 3.39. The van der Waals surface area contributed by atoms with E-state index in [0.29, 0.717) is 29.4 Å². The molecule has 2 aromatic carbocycles. The maximum Gasteiger partial charge on any atom is 0.340 e. The molecule has 1 aromatic heterocycles. The molecule has 3 aromatic rings. The van der Waals surface area contributed by atoms with Gasteiger partial charge in [-0.15, -0.1) is 0 Å². The number of nitrogens with zero attached hydrogens (tertiary/aromatic N) is 1. The van der Waals surface area contributed by atoms with Gasteiger partial charge in [-0.2, -0.15) is 0 Å². The number of pyridine rings is 1. The molecule has 1 N–H and O–H groups in total. The average molecular weight is 383 g/mol. The first-order valence-electron chi connectivity index (χ1n) is 9.05. The topological polar surface area (TPSA) is 51.2 Å². The van der Waals surface area contributed by atoms with Crippen LogP contribution in [0.15, 0.2) is 48.5 Å². The lowest BCUT2D eigenvalue weighted by atomic mass is 10.0. The summed E-state index contributed by atoms with van der Waals surface area (Å²) in [5, 5.41) is 5.11. The Kier molecular flexibility index (Phi) is 6.09. The van der Waals surface area contributed by atoms with Crippen LogP contribution < -0.4 is 5.32 Å². The monoisotopic (exact) mass is 382 g/mol. The van der Waals surface area contributed by atoms with Crippen LogP contribution in [0, 0.1) is 6.92 Å². The Morgan fingerprint density at radius 1 is 1.22 bits per heavy atom. The minimum atomic E-state index is -0.333. The standard InChI is InChI=1S/C22H23ClN2O2/c1-4-27-22(26)21-14(2)18-10-5-6-11-19(18)25-20(21)13-24-15(3)16-8-7-9-17(23)12-16/h5-12,15,24H,4,13H2,1-3H3/t15-/m1/s1. The van der Waals surface area contributed by atoms with E-state index in [1.54, 1.807) is 6.92 Å². The highest BCUT2D eigenvalue weighted by Gasteiger charge is 2.20. The summed E-state index contributed by atoms with van der Waals surface area (Å²) in [6.07, 6.45) is 0. The van der Waals surface area contributed by atoms with Crippen LogP contribution in [-0.2, 0) is 11.3 Å². The van der Waals surface area contributed by atoms with Gasteiger partial charge in [0.05, 0.1) is 23.4 Å². The largest absolute Gasteiger partial charge is 0.462 e. The number of para-hydroxylation sites is 1. The number of nitrogens with one attached hydrogen (secondary N) is 1. The van der Waals surface area contributed by atoms with Crippen molar-refractivity contribution in [1.29, 1.82) is 0 Å². The van der Waals surface area contributed by atoms with Gasteiger partial charge in [0.25, 0.3) is 0 Å². The maximum atomic E-state index is 12.6. The lowest BCUT2D eigenvalue weighted by Crippen LogP contribution is -2.22. The molecule has 0 aliphatic heterocycles. The van der Waals surface area contributed by atoms with Gasteiger partial charge in [-0.05, 0) is 50.1 Å². The molecule has 1 atom stereocenters. The van der Waals surface area contributed by atoms with Crippen molar-refractivity contribution in [2.75, 3.05) is 6.61 Å². The van der Waals surface area contributed by atoms with Crippen LogP contribution in [-0.4, -0.2) is 17.6 Å². The van der Waals surface area contributed by atoms with Crippen molar-refractivity contribution in [3.63, 3.8) is 0 Å². The van der Waals surface area contributed by atoms with Gasteiger partial charge in [0.15, 0.2) is 0 Å². The van der Waals surface area contributed by atoms with Crippen LogP contribution in [0.3, 0.4) is 0 Å². The summed E-state index contributed by atoms with van der Waals surface area (Å²) < 4.78 is 5.28. The third kappa shape index (κ3) is 4.29. The van der Waals surface area contributed by atoms with Crippen molar-refractivity contribution in [1.82, 2.24) is 10.3 Å². The van der Waals surface area contributed by atoms with Crippen molar-refractivity contribution in [3.8, 4) is 0 Å². The summed E-state index contributed by atoms with van der Waals surface area (Å²) in [5.74, 6) is -0.333. The smallest absolute Gasteiger partial charge is 0.340 e. The van der Waals surface area contributed by atoms with Crippen molar-refractivity contribution >= 4 is 28.5 Å². The van der Waals surface area contributed by atoms with E-state index < -0.39 is 0 Å². The molecular weight excluding hydrogens is 360 g/mol. The number of carbonyl (C=O) groups excluding carboxylic acids is 1. The van der Waals surface area contributed by atoms with Crippen molar-refractivity contribution in [3.05, 3.63) is 75.9 Å². The number of benzene rings is 2. The third-order valence-electron chi connectivity index (χ3n) is 4.63. The molecule has 0 amide bonds. The lowest BCUT2D eigenvalue weighted by Gasteiger charge is -2.18. The van der Waals surface area contributed by atoms with Crippen molar-refractivity contribution in [2.24, 2.45) is 0 Å². The van der Waals surface area contributed by atoms with Gasteiger partial charge < -0.3 is 10.1 Å². The van der Waals surface area contributed by atoms with Crippen LogP contribution in [0.5, 0.6) is 0 Å². The number of hydrogen-bond donors (Lipinski definition) is 1. The molecule has 0 aliphatic rings. The minimum Gasteiger partial charge on any atom is -0.462 e. The number of aromatic nitrogens is 1. The number of aryl methyl sites for hydroxylation is 1. The van der Waals surface area contributed by atoms with Crippen LogP contribution in [0.2, 0.25) is 5.02 Å². The summed E-state index contributed by atoms with van der Waals surface area (Å²) in [6, 6.07) is 15.6. The normalized spacial score (nSPS) is 12.1. The maximum absolute atomic E-state index is 12.6. The Balaban J connectivity index is 1.94. The first-order chi connectivity index (χ1) is 13.0. The summed E-state index contributed by atoms with van der Waals surface area (Å²) >= 11 is 6.09. The fraction of sp³-hybridized carbons (Fsp3) is 0.273. The van der Waals surface area contributed by atoms with E-state index in [4.69, 9.17) is 21.3 Å². The van der Waals surface area contributed by atoms with Gasteiger partial charge in [0.1, 0.15) is 0 Å². The van der Waals surface area contributed by atoms with E-state index in [1.165, 1.54) is 0 Å². The van der Waals surface area contributed by atoms with Crippen molar-refractivity contribution in [2.45, 2.75) is 33.4 Å². The number of hydrogen-bond acceptors (Lipinski definition) is 4. The zero-order valence-electron chi connectivity index (χ0n) is 15.8. The number of fused-ring (bicyclic) bond motifs is 1. The van der Waals surface area contributed by atoms with Gasteiger partial charge in [-0.1, -0.05) is 41.9 Å². The number of ether oxygens (including phenoxy) is 1. The molecule has 5 heteroatoms. The molecule has 4 nitrogen and oxygen atoms in total. The van der Waals surface area contributed by atoms with Crippen LogP contribution >= 0.6 is 11.6 Å². The van der Waals surface area contributed by atoms with E-state index >= 15 is 0 Å². The highest BCUT2D eigenvalue weighted by molar-refractivity contribution is 6.30. The van der Waals surface area contributed by atoms with Gasteiger partial charge in [0.2, 0.25) is 0 Å². The van der Waals surface area contributed by atoms with E-state index in [1.807, 2.05) is 55.5 Å². The van der Waals surface area contributed by atoms with Gasteiger partial charge in [-0.3, -0.25) is 4.98 Å². The van der Waals surface area contributed by atoms with Crippen molar-refractivity contribution < 1.29 is 9.53 Å². The lowest BCUT2D eigenvalue weighted by molar-refractivity contribution is 0.0523. The zero-order chi connectivity index (χ0) is 19.4. The van der Waals surface area contributed by atoms with Crippen LogP contribution in [0.25, 0.3) is 10.9 Å². The van der Waals surface area contributed by atoms with E-state index in [-0.39, 0.29) is 12.0 Å². The summed E-state index contributed by atoms with van der Waals surface area (Å²) in [7, 11) is 0. The SMILES string of the molecule is CCOC(=O)c1c(CN[C@H](C)c2cccc(Cl)c2)nc2ccccc2c1C. The predicted octanol–water partition coefficient (Wildman–Crippen LogP) is 5.22. The van der Waals surface area contributed by atoms with E-state index in [9.17, 15) is 4.79 Å². The highest BCUT2D eigenvalue weighted by atomic mass is 35.5. The molecule has 140 valence electrons. The Hall–Kier alpha value is -2.43. The second-order valence-electron chi connectivity index (χ2n) is 6.45. The third-order valence-corrected chi connectivity index (χ3v) is 4.87.